The average Bonchev–Trinajstić information content (AvgIpc) is 2.16. The Kier molecular flexibility index (Phi) is 4.35. The van der Waals surface area contributed by atoms with E-state index in [1.165, 1.54) is 5.56 Å². The van der Waals surface area contributed by atoms with Gasteiger partial charge in [-0.25, -0.2) is 0 Å². The second kappa shape index (κ2) is 5.54. The molecule has 88 valence electrons. The van der Waals surface area contributed by atoms with Crippen LogP contribution in [0.3, 0.4) is 0 Å². The number of carboxylic acids is 1. The highest BCUT2D eigenvalue weighted by molar-refractivity contribution is 5.68. The van der Waals surface area contributed by atoms with Gasteiger partial charge in [0.15, 0.2) is 0 Å². The lowest BCUT2D eigenvalue weighted by atomic mass is 10.0. The Morgan fingerprint density at radius 2 is 1.81 bits per heavy atom. The van der Waals surface area contributed by atoms with E-state index in [0.717, 1.165) is 5.69 Å². The van der Waals surface area contributed by atoms with Crippen molar-refractivity contribution in [3.63, 3.8) is 0 Å². The fourth-order valence-corrected chi connectivity index (χ4v) is 1.56. The standard InChI is InChI=1S/C13H19NO2/c1-9(2)11-4-6-12(7-5-11)14-10(3)8-13(15)16/h4-7,9-10,14H,8H2,1-3H3,(H,15,16). The molecule has 1 rings (SSSR count). The molecule has 1 aromatic rings. The molecule has 1 atom stereocenters. The van der Waals surface area contributed by atoms with Gasteiger partial charge in [-0.1, -0.05) is 26.0 Å². The second-order valence-electron chi connectivity index (χ2n) is 4.42. The molecular formula is C13H19NO2. The lowest BCUT2D eigenvalue weighted by Gasteiger charge is -2.14. The Hall–Kier alpha value is -1.51. The summed E-state index contributed by atoms with van der Waals surface area (Å²) in [7, 11) is 0. The van der Waals surface area contributed by atoms with E-state index in [4.69, 9.17) is 5.11 Å². The number of carboxylic acid groups (broad SMARTS) is 1. The second-order valence-corrected chi connectivity index (χ2v) is 4.42. The Morgan fingerprint density at radius 1 is 1.25 bits per heavy atom. The highest BCUT2D eigenvalue weighted by Crippen LogP contribution is 2.17. The summed E-state index contributed by atoms with van der Waals surface area (Å²) in [4.78, 5) is 10.5. The number of hydrogen-bond acceptors (Lipinski definition) is 2. The van der Waals surface area contributed by atoms with Crippen molar-refractivity contribution < 1.29 is 9.90 Å². The molecule has 0 bridgehead atoms. The zero-order valence-electron chi connectivity index (χ0n) is 10.0. The molecular weight excluding hydrogens is 202 g/mol. The Labute approximate surface area is 96.5 Å². The molecule has 0 heterocycles. The minimum absolute atomic E-state index is 0.0533. The lowest BCUT2D eigenvalue weighted by Crippen LogP contribution is -2.19. The van der Waals surface area contributed by atoms with Gasteiger partial charge in [-0.15, -0.1) is 0 Å². The number of hydrogen-bond donors (Lipinski definition) is 2. The number of benzene rings is 1. The van der Waals surface area contributed by atoms with Crippen LogP contribution >= 0.6 is 0 Å². The van der Waals surface area contributed by atoms with Crippen LogP contribution < -0.4 is 5.32 Å². The third-order valence-electron chi connectivity index (χ3n) is 2.47. The van der Waals surface area contributed by atoms with Gasteiger partial charge in [0.2, 0.25) is 0 Å². The Bertz CT molecular complexity index is 343. The fourth-order valence-electron chi connectivity index (χ4n) is 1.56. The Balaban J connectivity index is 2.58. The van der Waals surface area contributed by atoms with Crippen LogP contribution in [0.15, 0.2) is 24.3 Å². The predicted molar refractivity (Wildman–Crippen MR) is 65.9 cm³/mol. The molecule has 0 aliphatic rings. The van der Waals surface area contributed by atoms with Gasteiger partial charge in [0.05, 0.1) is 6.42 Å². The van der Waals surface area contributed by atoms with Crippen molar-refractivity contribution in [3.8, 4) is 0 Å². The number of anilines is 1. The van der Waals surface area contributed by atoms with Crippen LogP contribution in [0, 0.1) is 0 Å². The van der Waals surface area contributed by atoms with Crippen LogP contribution in [0.1, 0.15) is 38.7 Å². The highest BCUT2D eigenvalue weighted by Gasteiger charge is 2.07. The maximum atomic E-state index is 10.5. The molecule has 2 N–H and O–H groups in total. The van der Waals surface area contributed by atoms with Crippen LogP contribution in [-0.4, -0.2) is 17.1 Å². The molecule has 0 fully saturated rings. The van der Waals surface area contributed by atoms with Crippen LogP contribution in [0.2, 0.25) is 0 Å². The maximum Gasteiger partial charge on any atom is 0.305 e. The Morgan fingerprint density at radius 3 is 2.25 bits per heavy atom. The third kappa shape index (κ3) is 3.93. The first-order valence-corrected chi connectivity index (χ1v) is 5.57. The van der Waals surface area contributed by atoms with Crippen molar-refractivity contribution in [2.45, 2.75) is 39.2 Å². The SMILES string of the molecule is CC(CC(=O)O)Nc1ccc(C(C)C)cc1. The molecule has 0 saturated heterocycles. The smallest absolute Gasteiger partial charge is 0.305 e. The van der Waals surface area contributed by atoms with E-state index in [0.29, 0.717) is 5.92 Å². The molecule has 1 unspecified atom stereocenters. The van der Waals surface area contributed by atoms with Gasteiger partial charge in [0.25, 0.3) is 0 Å². The topological polar surface area (TPSA) is 49.3 Å². The van der Waals surface area contributed by atoms with Crippen LogP contribution in [0.5, 0.6) is 0 Å². The van der Waals surface area contributed by atoms with Crippen molar-refractivity contribution >= 4 is 11.7 Å². The van der Waals surface area contributed by atoms with Crippen molar-refractivity contribution in [2.75, 3.05) is 5.32 Å². The van der Waals surface area contributed by atoms with Crippen molar-refractivity contribution in [1.29, 1.82) is 0 Å². The minimum Gasteiger partial charge on any atom is -0.481 e. The molecule has 0 aromatic heterocycles. The van der Waals surface area contributed by atoms with Crippen molar-refractivity contribution in [2.24, 2.45) is 0 Å². The van der Waals surface area contributed by atoms with Gasteiger partial charge in [0, 0.05) is 11.7 Å². The largest absolute Gasteiger partial charge is 0.481 e. The van der Waals surface area contributed by atoms with E-state index in [2.05, 4.69) is 31.3 Å². The first-order valence-electron chi connectivity index (χ1n) is 5.57. The van der Waals surface area contributed by atoms with Crippen molar-refractivity contribution in [1.82, 2.24) is 0 Å². The van der Waals surface area contributed by atoms with E-state index in [1.807, 2.05) is 19.1 Å². The van der Waals surface area contributed by atoms with E-state index < -0.39 is 5.97 Å². The lowest BCUT2D eigenvalue weighted by molar-refractivity contribution is -0.137. The molecule has 0 aliphatic carbocycles. The number of nitrogens with one attached hydrogen (secondary N) is 1. The number of carbonyl (C=O) groups is 1. The monoisotopic (exact) mass is 221 g/mol. The summed E-state index contributed by atoms with van der Waals surface area (Å²) in [6, 6.07) is 8.07. The summed E-state index contributed by atoms with van der Waals surface area (Å²) >= 11 is 0. The molecule has 16 heavy (non-hydrogen) atoms. The molecule has 0 amide bonds. The molecule has 0 aliphatic heterocycles. The quantitative estimate of drug-likeness (QED) is 0.803. The normalized spacial score (nSPS) is 12.5. The van der Waals surface area contributed by atoms with Gasteiger partial charge in [-0.3, -0.25) is 4.79 Å². The number of rotatable bonds is 5. The van der Waals surface area contributed by atoms with Gasteiger partial charge >= 0.3 is 5.97 Å². The summed E-state index contributed by atoms with van der Waals surface area (Å²) in [5.74, 6) is -0.260. The maximum absolute atomic E-state index is 10.5. The van der Waals surface area contributed by atoms with Gasteiger partial charge in [0.1, 0.15) is 0 Å². The summed E-state index contributed by atoms with van der Waals surface area (Å²) in [6.45, 7) is 6.16. The van der Waals surface area contributed by atoms with Gasteiger partial charge in [-0.2, -0.15) is 0 Å². The zero-order chi connectivity index (χ0) is 12.1. The molecule has 1 aromatic carbocycles. The van der Waals surface area contributed by atoms with Gasteiger partial charge < -0.3 is 10.4 Å². The number of aliphatic carboxylic acids is 1. The van der Waals surface area contributed by atoms with Crippen LogP contribution in [0.4, 0.5) is 5.69 Å². The average molecular weight is 221 g/mol. The van der Waals surface area contributed by atoms with E-state index in [9.17, 15) is 4.79 Å². The van der Waals surface area contributed by atoms with E-state index >= 15 is 0 Å². The predicted octanol–water partition coefficient (Wildman–Crippen LogP) is 3.09. The van der Waals surface area contributed by atoms with E-state index in [-0.39, 0.29) is 12.5 Å². The molecule has 0 spiro atoms. The summed E-state index contributed by atoms with van der Waals surface area (Å²) in [6.07, 6.45) is 0.131. The first kappa shape index (κ1) is 12.6. The highest BCUT2D eigenvalue weighted by atomic mass is 16.4. The van der Waals surface area contributed by atoms with Crippen LogP contribution in [-0.2, 0) is 4.79 Å². The van der Waals surface area contributed by atoms with Crippen molar-refractivity contribution in [3.05, 3.63) is 29.8 Å². The van der Waals surface area contributed by atoms with E-state index in [1.54, 1.807) is 0 Å². The molecule has 3 heteroatoms. The van der Waals surface area contributed by atoms with Crippen LogP contribution in [0.25, 0.3) is 0 Å². The third-order valence-corrected chi connectivity index (χ3v) is 2.47. The summed E-state index contributed by atoms with van der Waals surface area (Å²) in [5.41, 5.74) is 2.26. The fraction of sp³-hybridized carbons (Fsp3) is 0.462. The molecule has 0 radical (unpaired) electrons. The molecule has 0 saturated carbocycles. The summed E-state index contributed by atoms with van der Waals surface area (Å²) < 4.78 is 0. The summed E-state index contributed by atoms with van der Waals surface area (Å²) in [5, 5.41) is 11.8. The first-order chi connectivity index (χ1) is 7.49. The van der Waals surface area contributed by atoms with Gasteiger partial charge in [-0.05, 0) is 30.5 Å². The minimum atomic E-state index is -0.779. The molecule has 3 nitrogen and oxygen atoms in total. The zero-order valence-corrected chi connectivity index (χ0v) is 10.0.